The number of ether oxygens (including phenoxy) is 1. The van der Waals surface area contributed by atoms with Gasteiger partial charge in [-0.15, -0.1) is 11.3 Å². The van der Waals surface area contributed by atoms with Gasteiger partial charge in [-0.25, -0.2) is 0 Å². The van der Waals surface area contributed by atoms with Crippen molar-refractivity contribution in [2.75, 3.05) is 0 Å². The van der Waals surface area contributed by atoms with Gasteiger partial charge in [0.2, 0.25) is 0 Å². The second-order valence-corrected chi connectivity index (χ2v) is 4.27. The molecule has 0 aliphatic rings. The first-order chi connectivity index (χ1) is 7.28. The van der Waals surface area contributed by atoms with Gasteiger partial charge in [0.1, 0.15) is 5.75 Å². The van der Waals surface area contributed by atoms with Crippen molar-refractivity contribution in [2.45, 2.75) is 13.5 Å². The minimum absolute atomic E-state index is 0.568. The number of hydrogen-bond donors (Lipinski definition) is 1. The summed E-state index contributed by atoms with van der Waals surface area (Å²) < 4.78 is 5.68. The molecule has 0 saturated carbocycles. The molecule has 2 nitrogen and oxygen atoms in total. The summed E-state index contributed by atoms with van der Waals surface area (Å²) in [5.74, 6) is 0.856. The van der Waals surface area contributed by atoms with Crippen LogP contribution >= 0.6 is 11.3 Å². The minimum Gasteiger partial charge on any atom is -0.447 e. The summed E-state index contributed by atoms with van der Waals surface area (Å²) >= 11 is 1.61. The molecule has 78 valence electrons. The van der Waals surface area contributed by atoms with Gasteiger partial charge in [-0.2, -0.15) is 0 Å². The van der Waals surface area contributed by atoms with Crippen molar-refractivity contribution in [1.82, 2.24) is 0 Å². The van der Waals surface area contributed by atoms with Crippen LogP contribution in [0.5, 0.6) is 10.8 Å². The molecule has 2 rings (SSSR count). The maximum Gasteiger partial charge on any atom is 0.181 e. The predicted molar refractivity (Wildman–Crippen MR) is 63.5 cm³/mol. The molecule has 0 aliphatic heterocycles. The summed E-state index contributed by atoms with van der Waals surface area (Å²) in [7, 11) is 0. The van der Waals surface area contributed by atoms with E-state index in [1.54, 1.807) is 11.3 Å². The Morgan fingerprint density at radius 2 is 2.00 bits per heavy atom. The molecule has 0 saturated heterocycles. The fraction of sp³-hybridized carbons (Fsp3) is 0.167. The first kappa shape index (κ1) is 10.2. The molecule has 3 heteroatoms. The summed E-state index contributed by atoms with van der Waals surface area (Å²) in [4.78, 5) is 0. The molecule has 0 radical (unpaired) electrons. The zero-order chi connectivity index (χ0) is 10.7. The van der Waals surface area contributed by atoms with Gasteiger partial charge in [-0.1, -0.05) is 12.1 Å². The van der Waals surface area contributed by atoms with E-state index in [0.717, 1.165) is 16.4 Å². The SMILES string of the molecule is Cc1csc(Oc2ccc(CN)cc2)c1. The Hall–Kier alpha value is -1.32. The first-order valence-electron chi connectivity index (χ1n) is 4.80. The average molecular weight is 219 g/mol. The molecular formula is C12H13NOS. The lowest BCUT2D eigenvalue weighted by atomic mass is 10.2. The van der Waals surface area contributed by atoms with Crippen LogP contribution < -0.4 is 10.5 Å². The van der Waals surface area contributed by atoms with E-state index in [9.17, 15) is 0 Å². The summed E-state index contributed by atoms with van der Waals surface area (Å²) in [6, 6.07) is 9.88. The third-order valence-electron chi connectivity index (χ3n) is 2.08. The van der Waals surface area contributed by atoms with Crippen LogP contribution in [0.15, 0.2) is 35.7 Å². The molecule has 0 unspecified atom stereocenters. The van der Waals surface area contributed by atoms with Crippen molar-refractivity contribution in [3.05, 3.63) is 46.8 Å². The topological polar surface area (TPSA) is 35.2 Å². The van der Waals surface area contributed by atoms with Crippen LogP contribution in [0, 0.1) is 6.92 Å². The van der Waals surface area contributed by atoms with Gasteiger partial charge in [-0.05, 0) is 41.6 Å². The van der Waals surface area contributed by atoms with Crippen LogP contribution in [0.3, 0.4) is 0 Å². The highest BCUT2D eigenvalue weighted by atomic mass is 32.1. The zero-order valence-corrected chi connectivity index (χ0v) is 9.38. The largest absolute Gasteiger partial charge is 0.447 e. The fourth-order valence-electron chi connectivity index (χ4n) is 1.27. The minimum atomic E-state index is 0.568. The van der Waals surface area contributed by atoms with Crippen LogP contribution in [0.25, 0.3) is 0 Å². The molecule has 0 fully saturated rings. The zero-order valence-electron chi connectivity index (χ0n) is 8.57. The number of thiophene rings is 1. The molecular weight excluding hydrogens is 206 g/mol. The first-order valence-corrected chi connectivity index (χ1v) is 5.68. The Morgan fingerprint density at radius 3 is 2.53 bits per heavy atom. The number of rotatable bonds is 3. The van der Waals surface area contributed by atoms with Crippen LogP contribution in [-0.2, 0) is 6.54 Å². The highest BCUT2D eigenvalue weighted by Gasteiger charge is 1.99. The van der Waals surface area contributed by atoms with Crippen molar-refractivity contribution in [1.29, 1.82) is 0 Å². The molecule has 1 heterocycles. The Bertz CT molecular complexity index is 433. The number of nitrogens with two attached hydrogens (primary N) is 1. The molecule has 1 aromatic carbocycles. The van der Waals surface area contributed by atoms with Crippen molar-refractivity contribution in [2.24, 2.45) is 5.73 Å². The average Bonchev–Trinajstić information content (AvgIpc) is 2.65. The van der Waals surface area contributed by atoms with E-state index >= 15 is 0 Å². The highest BCUT2D eigenvalue weighted by Crippen LogP contribution is 2.28. The maximum atomic E-state index is 5.68. The normalized spacial score (nSPS) is 10.3. The van der Waals surface area contributed by atoms with E-state index in [2.05, 4.69) is 12.3 Å². The predicted octanol–water partition coefficient (Wildman–Crippen LogP) is 3.31. The second-order valence-electron chi connectivity index (χ2n) is 3.39. The molecule has 1 aromatic heterocycles. The van der Waals surface area contributed by atoms with E-state index in [1.165, 1.54) is 5.56 Å². The summed E-state index contributed by atoms with van der Waals surface area (Å²) in [6.45, 7) is 2.62. The van der Waals surface area contributed by atoms with Crippen molar-refractivity contribution >= 4 is 11.3 Å². The number of aryl methyl sites for hydroxylation is 1. The summed E-state index contributed by atoms with van der Waals surface area (Å²) in [6.07, 6.45) is 0. The molecule has 2 N–H and O–H groups in total. The second kappa shape index (κ2) is 4.47. The lowest BCUT2D eigenvalue weighted by Gasteiger charge is -2.03. The van der Waals surface area contributed by atoms with Gasteiger partial charge < -0.3 is 10.5 Å². The molecule has 0 atom stereocenters. The van der Waals surface area contributed by atoms with Gasteiger partial charge in [0.15, 0.2) is 5.06 Å². The van der Waals surface area contributed by atoms with Crippen LogP contribution in [0.2, 0.25) is 0 Å². The summed E-state index contributed by atoms with van der Waals surface area (Å²) in [5, 5.41) is 3.00. The van der Waals surface area contributed by atoms with Crippen LogP contribution in [0.4, 0.5) is 0 Å². The Morgan fingerprint density at radius 1 is 1.27 bits per heavy atom. The third kappa shape index (κ3) is 2.58. The molecule has 0 spiro atoms. The van der Waals surface area contributed by atoms with Crippen LogP contribution in [-0.4, -0.2) is 0 Å². The Kier molecular flexibility index (Phi) is 3.04. The third-order valence-corrected chi connectivity index (χ3v) is 3.01. The Labute approximate surface area is 93.3 Å². The lowest BCUT2D eigenvalue weighted by molar-refractivity contribution is 0.496. The molecule has 0 bridgehead atoms. The number of hydrogen-bond acceptors (Lipinski definition) is 3. The van der Waals surface area contributed by atoms with Gasteiger partial charge >= 0.3 is 0 Å². The van der Waals surface area contributed by atoms with E-state index in [1.807, 2.05) is 30.3 Å². The highest BCUT2D eigenvalue weighted by molar-refractivity contribution is 7.12. The van der Waals surface area contributed by atoms with Crippen LogP contribution in [0.1, 0.15) is 11.1 Å². The van der Waals surface area contributed by atoms with E-state index in [-0.39, 0.29) is 0 Å². The van der Waals surface area contributed by atoms with E-state index < -0.39 is 0 Å². The molecule has 0 aliphatic carbocycles. The smallest absolute Gasteiger partial charge is 0.181 e. The number of benzene rings is 1. The summed E-state index contributed by atoms with van der Waals surface area (Å²) in [5.41, 5.74) is 7.86. The molecule has 0 amide bonds. The lowest BCUT2D eigenvalue weighted by Crippen LogP contribution is -1.95. The van der Waals surface area contributed by atoms with Gasteiger partial charge in [0.05, 0.1) is 0 Å². The van der Waals surface area contributed by atoms with Gasteiger partial charge in [-0.3, -0.25) is 0 Å². The monoisotopic (exact) mass is 219 g/mol. The van der Waals surface area contributed by atoms with E-state index in [4.69, 9.17) is 10.5 Å². The Balaban J connectivity index is 2.11. The van der Waals surface area contributed by atoms with E-state index in [0.29, 0.717) is 6.54 Å². The van der Waals surface area contributed by atoms with Crippen molar-refractivity contribution in [3.63, 3.8) is 0 Å². The maximum absolute atomic E-state index is 5.68. The molecule has 15 heavy (non-hydrogen) atoms. The van der Waals surface area contributed by atoms with Gasteiger partial charge in [0.25, 0.3) is 0 Å². The quantitative estimate of drug-likeness (QED) is 0.859. The molecule has 2 aromatic rings. The standard InChI is InChI=1S/C12H13NOS/c1-9-6-12(15-8-9)14-11-4-2-10(7-13)3-5-11/h2-6,8H,7,13H2,1H3. The van der Waals surface area contributed by atoms with Gasteiger partial charge in [0, 0.05) is 6.54 Å². The van der Waals surface area contributed by atoms with Crippen molar-refractivity contribution < 1.29 is 4.74 Å². The fourth-order valence-corrected chi connectivity index (χ4v) is 2.04. The van der Waals surface area contributed by atoms with Crippen molar-refractivity contribution in [3.8, 4) is 10.8 Å².